The molecular weight excluding hydrogens is 588 g/mol. The third kappa shape index (κ3) is 4.63. The average Bonchev–Trinajstić information content (AvgIpc) is 3.62. The van der Waals surface area contributed by atoms with Gasteiger partial charge in [0.05, 0.1) is 0 Å². The summed E-state index contributed by atoms with van der Waals surface area (Å²) < 4.78 is 6.89. The van der Waals surface area contributed by atoms with E-state index in [2.05, 4.69) is 101 Å². The fourth-order valence-electron chi connectivity index (χ4n) is 7.41. The van der Waals surface area contributed by atoms with Gasteiger partial charge in [0, 0.05) is 0 Å². The number of fused-ring (bicyclic) bond motifs is 4. The smallest absolute Gasteiger partial charge is 1.00 e. The number of anilines is 2. The van der Waals surface area contributed by atoms with Crippen LogP contribution in [0.4, 0.5) is 11.4 Å². The van der Waals surface area contributed by atoms with Gasteiger partial charge >= 0.3 is 257 Å². The summed E-state index contributed by atoms with van der Waals surface area (Å²) in [5, 5.41) is 22.6. The Morgan fingerprint density at radius 1 is 0.628 bits per heavy atom. The molecule has 4 bridgehead atoms. The molecule has 7 rings (SSSR count). The molecule has 0 saturated carbocycles. The summed E-state index contributed by atoms with van der Waals surface area (Å²) in [7, 11) is 0. The van der Waals surface area contributed by atoms with Gasteiger partial charge < -0.3 is 12.4 Å². The Morgan fingerprint density at radius 3 is 1.47 bits per heavy atom. The average molecular weight is 625 g/mol. The fraction of sp³-hybridized carbons (Fsp3) is 0.243. The van der Waals surface area contributed by atoms with Crippen molar-refractivity contribution in [3.05, 3.63) is 140 Å². The Morgan fingerprint density at radius 2 is 1.07 bits per heavy atom. The molecule has 0 aromatic heterocycles. The predicted octanol–water partition coefficient (Wildman–Crippen LogP) is 6.16. The van der Waals surface area contributed by atoms with Crippen molar-refractivity contribution in [2.24, 2.45) is 0 Å². The second kappa shape index (κ2) is 11.6. The second-order valence-electron chi connectivity index (χ2n) is 12.2. The molecule has 2 unspecified atom stereocenters. The van der Waals surface area contributed by atoms with Crippen LogP contribution in [0.5, 0.6) is 11.5 Å². The molecule has 0 saturated heterocycles. The van der Waals surface area contributed by atoms with E-state index < -0.39 is 18.4 Å². The molecule has 0 spiro atoms. The summed E-state index contributed by atoms with van der Waals surface area (Å²) >= 11 is -2.67. The number of rotatable bonds is 7. The topological polar surface area (TPSA) is 46.9 Å². The van der Waals surface area contributed by atoms with E-state index >= 15 is 0 Å². The van der Waals surface area contributed by atoms with Gasteiger partial charge in [0.1, 0.15) is 0 Å². The first-order chi connectivity index (χ1) is 20.4. The Kier molecular flexibility index (Phi) is 7.98. The van der Waals surface area contributed by atoms with Gasteiger partial charge in [0.25, 0.3) is 0 Å². The third-order valence-electron chi connectivity index (χ3n) is 8.99. The maximum Gasteiger partial charge on any atom is -1.00 e. The van der Waals surface area contributed by atoms with Crippen LogP contribution < -0.4 is 19.2 Å². The van der Waals surface area contributed by atoms with E-state index in [4.69, 9.17) is 0 Å². The van der Waals surface area contributed by atoms with Crippen LogP contribution in [0, 0.1) is 0 Å². The monoisotopic (exact) mass is 624 g/mol. The third-order valence-corrected chi connectivity index (χ3v) is 13.5. The Hall–Kier alpha value is -3.44. The van der Waals surface area contributed by atoms with E-state index in [0.717, 1.165) is 17.5 Å². The van der Waals surface area contributed by atoms with Gasteiger partial charge in [-0.1, -0.05) is 0 Å². The van der Waals surface area contributed by atoms with Crippen LogP contribution in [0.15, 0.2) is 107 Å². The molecular formula is C37H37ClN2O2Ti. The fourth-order valence-corrected chi connectivity index (χ4v) is 12.5. The number of phenolic OH excluding ortho intramolecular Hbond substituents is 2. The molecule has 3 aliphatic rings. The van der Waals surface area contributed by atoms with Gasteiger partial charge in [0.15, 0.2) is 0 Å². The van der Waals surface area contributed by atoms with E-state index in [1.54, 1.807) is 0 Å². The Labute approximate surface area is 267 Å². The number of allylic oxidation sites excluding steroid dienone is 4. The minimum absolute atomic E-state index is 0. The normalized spacial score (nSPS) is 18.0. The van der Waals surface area contributed by atoms with Gasteiger partial charge in [-0.2, -0.15) is 0 Å². The Balaban J connectivity index is 0.00000329. The molecule has 0 amide bonds. The van der Waals surface area contributed by atoms with Gasteiger partial charge in [0.2, 0.25) is 0 Å². The first kappa shape index (κ1) is 29.6. The van der Waals surface area contributed by atoms with Gasteiger partial charge in [-0.25, -0.2) is 0 Å². The number of phenols is 2. The van der Waals surface area contributed by atoms with Gasteiger partial charge in [-0.05, 0) is 0 Å². The molecule has 1 aliphatic carbocycles. The molecule has 2 heterocycles. The number of hydrogen-bond donors (Lipinski definition) is 2. The van der Waals surface area contributed by atoms with E-state index in [-0.39, 0.29) is 24.5 Å². The van der Waals surface area contributed by atoms with Gasteiger partial charge in [-0.15, -0.1) is 0 Å². The molecule has 4 aromatic carbocycles. The zero-order valence-corrected chi connectivity index (χ0v) is 27.3. The largest absolute Gasteiger partial charge is 1.00 e. The van der Waals surface area contributed by atoms with Crippen molar-refractivity contribution in [3.8, 4) is 11.5 Å². The SMILES string of the molecule is CC(C)c1c2cccc1[N]([Ti+]([C]1=CC=CC1)[N]1c3cccc(c3C(C)C)C1c1ccccc1O)C2c1ccccc1O.[Cl-]. The van der Waals surface area contributed by atoms with E-state index in [1.165, 1.54) is 37.5 Å². The maximum absolute atomic E-state index is 11.3. The van der Waals surface area contributed by atoms with Crippen molar-refractivity contribution in [3.63, 3.8) is 0 Å². The predicted molar refractivity (Wildman–Crippen MR) is 168 cm³/mol. The number of hydrogen-bond acceptors (Lipinski definition) is 4. The molecule has 4 aromatic rings. The van der Waals surface area contributed by atoms with Crippen LogP contribution in [-0.4, -0.2) is 10.2 Å². The Bertz CT molecular complexity index is 1630. The van der Waals surface area contributed by atoms with Crippen molar-refractivity contribution >= 4 is 11.4 Å². The van der Waals surface area contributed by atoms with Crippen LogP contribution in [0.1, 0.15) is 91.4 Å². The quantitative estimate of drug-likeness (QED) is 0.242. The summed E-state index contributed by atoms with van der Waals surface area (Å²) in [6.07, 6.45) is 7.74. The molecule has 2 atom stereocenters. The van der Waals surface area contributed by atoms with E-state index in [0.29, 0.717) is 23.3 Å². The van der Waals surface area contributed by atoms with Crippen LogP contribution in [0.3, 0.4) is 0 Å². The molecule has 2 N–H and O–H groups in total. The molecule has 6 heteroatoms. The van der Waals surface area contributed by atoms with Crippen molar-refractivity contribution in [1.29, 1.82) is 0 Å². The second-order valence-corrected chi connectivity index (χ2v) is 15.7. The molecule has 0 radical (unpaired) electrons. The van der Waals surface area contributed by atoms with Crippen molar-refractivity contribution in [1.82, 2.24) is 0 Å². The first-order valence-electron chi connectivity index (χ1n) is 15.0. The van der Waals surface area contributed by atoms with Crippen LogP contribution in [0.25, 0.3) is 0 Å². The standard InChI is InChI=1S/2C16H16NO.C5H5.ClH.Ti/c2*1-10(2)15-12-7-5-8-13(15)17-16(12)11-6-3-4-9-14(11)18;1-2-4-5-3-1;;/h2*3-10,16,18H,1-2H3;1-3H,4H2;1H;/q2*-1;;;+3/p-1. The van der Waals surface area contributed by atoms with Crippen LogP contribution in [-0.2, 0) is 18.4 Å². The molecule has 0 fully saturated rings. The maximum atomic E-state index is 11.3. The van der Waals surface area contributed by atoms with Crippen LogP contribution >= 0.6 is 0 Å². The minimum Gasteiger partial charge on any atom is -1.00 e. The first-order valence-corrected chi connectivity index (χ1v) is 17.2. The summed E-state index contributed by atoms with van der Waals surface area (Å²) in [4.78, 5) is 0. The van der Waals surface area contributed by atoms with E-state index in [1.807, 2.05) is 36.4 Å². The number of aromatic hydroxyl groups is 2. The zero-order chi connectivity index (χ0) is 29.1. The van der Waals surface area contributed by atoms with Gasteiger partial charge in [-0.3, -0.25) is 0 Å². The summed E-state index contributed by atoms with van der Waals surface area (Å²) in [5.74, 6) is 1.35. The van der Waals surface area contributed by atoms with Crippen molar-refractivity contribution in [2.75, 3.05) is 6.76 Å². The summed E-state index contributed by atoms with van der Waals surface area (Å²) in [5.41, 5.74) is 9.77. The summed E-state index contributed by atoms with van der Waals surface area (Å²) in [6, 6.07) is 29.0. The zero-order valence-electron chi connectivity index (χ0n) is 25.0. The molecule has 4 nitrogen and oxygen atoms in total. The number of para-hydroxylation sites is 2. The van der Waals surface area contributed by atoms with Crippen molar-refractivity contribution in [2.45, 2.75) is 58.0 Å². The minimum atomic E-state index is -2.67. The van der Waals surface area contributed by atoms with Crippen molar-refractivity contribution < 1.29 is 41.0 Å². The van der Waals surface area contributed by atoms with E-state index in [9.17, 15) is 10.2 Å². The molecule has 43 heavy (non-hydrogen) atoms. The molecule has 218 valence electrons. The number of benzene rings is 4. The molecule has 2 aliphatic heterocycles. The van der Waals surface area contributed by atoms with Crippen LogP contribution in [0.2, 0.25) is 0 Å². The summed E-state index contributed by atoms with van der Waals surface area (Å²) in [6.45, 7) is 9.13. The number of halogens is 1. The number of nitrogens with zero attached hydrogens (tertiary/aromatic N) is 2.